The Balaban J connectivity index is 4.13. The molecular weight excluding hydrogens is 959 g/mol. The number of carbonyl (C=O) groups is 3. The van der Waals surface area contributed by atoms with Gasteiger partial charge in [-0.2, -0.15) is 0 Å². The third-order valence-corrected chi connectivity index (χ3v) is 14.6. The molecular formula is C68H126NO8+. The van der Waals surface area contributed by atoms with Crippen LogP contribution in [0, 0.1) is 0 Å². The quantitative estimate of drug-likeness (QED) is 0.0211. The van der Waals surface area contributed by atoms with Crippen LogP contribution in [0.1, 0.15) is 309 Å². The summed E-state index contributed by atoms with van der Waals surface area (Å²) >= 11 is 0. The van der Waals surface area contributed by atoms with Crippen molar-refractivity contribution in [2.45, 2.75) is 322 Å². The average Bonchev–Trinajstić information content (AvgIpc) is 3.40. The molecule has 1 N–H and O–H groups in total. The van der Waals surface area contributed by atoms with E-state index in [9.17, 15) is 19.5 Å². The van der Waals surface area contributed by atoms with E-state index in [-0.39, 0.29) is 32.2 Å². The third-order valence-electron chi connectivity index (χ3n) is 14.6. The first-order valence-corrected chi connectivity index (χ1v) is 32.8. The first kappa shape index (κ1) is 74.2. The average molecular weight is 1090 g/mol. The summed E-state index contributed by atoms with van der Waals surface area (Å²) in [5, 5.41) is 9.73. The highest BCUT2D eigenvalue weighted by atomic mass is 16.7. The molecule has 77 heavy (non-hydrogen) atoms. The number of rotatable bonds is 61. The van der Waals surface area contributed by atoms with Crippen molar-refractivity contribution >= 4 is 17.9 Å². The van der Waals surface area contributed by atoms with E-state index in [1.165, 1.54) is 218 Å². The molecule has 0 aromatic carbocycles. The van der Waals surface area contributed by atoms with Gasteiger partial charge in [0.25, 0.3) is 6.29 Å². The lowest BCUT2D eigenvalue weighted by Crippen LogP contribution is -2.40. The minimum absolute atomic E-state index is 0.178. The number of unbranched alkanes of at least 4 members (excludes halogenated alkanes) is 38. The van der Waals surface area contributed by atoms with Crippen LogP contribution < -0.4 is 0 Å². The van der Waals surface area contributed by atoms with Crippen molar-refractivity contribution < 1.29 is 42.9 Å². The van der Waals surface area contributed by atoms with Gasteiger partial charge in [-0.05, 0) is 51.4 Å². The van der Waals surface area contributed by atoms with Gasteiger partial charge < -0.3 is 28.5 Å². The summed E-state index contributed by atoms with van der Waals surface area (Å²) in [7, 11) is 5.98. The molecule has 2 atom stereocenters. The Morgan fingerprint density at radius 2 is 0.740 bits per heavy atom. The van der Waals surface area contributed by atoms with Gasteiger partial charge in [0, 0.05) is 12.8 Å². The summed E-state index contributed by atoms with van der Waals surface area (Å²) in [6.45, 7) is 4.82. The van der Waals surface area contributed by atoms with Gasteiger partial charge in [0.1, 0.15) is 13.2 Å². The summed E-state index contributed by atoms with van der Waals surface area (Å²) in [6.07, 6.45) is 72.1. The second kappa shape index (κ2) is 59.4. The van der Waals surface area contributed by atoms with Gasteiger partial charge in [-0.3, -0.25) is 9.59 Å². The first-order valence-electron chi connectivity index (χ1n) is 32.8. The SMILES string of the molecule is CC/C=C\C/C=C\C/C=C\C/C=C\CCCCCCCCCCCCCCCCC(=O)OC(COC(=O)CCCCCCCCCCCCCCCCCCCCCCCCCCC)COC(OCC[N+](C)(C)C)C(=O)O. The molecule has 0 bridgehead atoms. The first-order chi connectivity index (χ1) is 37.6. The van der Waals surface area contributed by atoms with Crippen LogP contribution in [0.4, 0.5) is 0 Å². The number of esters is 2. The molecule has 0 aromatic rings. The van der Waals surface area contributed by atoms with Crippen molar-refractivity contribution in [2.24, 2.45) is 0 Å². The highest BCUT2D eigenvalue weighted by Gasteiger charge is 2.25. The Kier molecular flexibility index (Phi) is 57.3. The maximum absolute atomic E-state index is 12.9. The lowest BCUT2D eigenvalue weighted by molar-refractivity contribution is -0.870. The number of nitrogens with zero attached hydrogens (tertiary/aromatic N) is 1. The van der Waals surface area contributed by atoms with Crippen LogP contribution >= 0.6 is 0 Å². The van der Waals surface area contributed by atoms with Gasteiger partial charge in [-0.15, -0.1) is 0 Å². The summed E-state index contributed by atoms with van der Waals surface area (Å²) in [5.74, 6) is -1.98. The van der Waals surface area contributed by atoms with Crippen LogP contribution in [0.15, 0.2) is 48.6 Å². The minimum atomic E-state index is -1.51. The Hall–Kier alpha value is -2.75. The molecule has 0 spiro atoms. The molecule has 0 aliphatic carbocycles. The van der Waals surface area contributed by atoms with E-state index in [1.54, 1.807) is 0 Å². The molecule has 0 saturated heterocycles. The van der Waals surface area contributed by atoms with Crippen LogP contribution in [0.5, 0.6) is 0 Å². The van der Waals surface area contributed by atoms with Crippen LogP contribution in [0.2, 0.25) is 0 Å². The number of carboxylic acid groups (broad SMARTS) is 1. The molecule has 0 aliphatic heterocycles. The Morgan fingerprint density at radius 1 is 0.403 bits per heavy atom. The topological polar surface area (TPSA) is 108 Å². The number of quaternary nitrogens is 1. The zero-order chi connectivity index (χ0) is 56.2. The molecule has 0 aromatic heterocycles. The number of carboxylic acids is 1. The lowest BCUT2D eigenvalue weighted by atomic mass is 10.0. The molecule has 0 amide bonds. The zero-order valence-corrected chi connectivity index (χ0v) is 51.4. The van der Waals surface area contributed by atoms with Crippen molar-refractivity contribution in [3.8, 4) is 0 Å². The highest BCUT2D eigenvalue weighted by molar-refractivity contribution is 5.71. The minimum Gasteiger partial charge on any atom is -0.477 e. The smallest absolute Gasteiger partial charge is 0.361 e. The summed E-state index contributed by atoms with van der Waals surface area (Å²) in [5.41, 5.74) is 0. The van der Waals surface area contributed by atoms with Crippen molar-refractivity contribution in [3.63, 3.8) is 0 Å². The molecule has 0 aliphatic rings. The monoisotopic (exact) mass is 1080 g/mol. The standard InChI is InChI=1S/C68H125NO8/c1-6-8-10-12-14-16-18-20-22-24-26-28-30-32-33-35-37-39-41-43-45-47-49-51-53-55-57-59-66(71)77-64(63-76-68(67(72)73)74-61-60-69(3,4)5)62-75-65(70)58-56-54-52-50-48-46-44-42-40-38-36-34-31-29-27-25-23-21-19-17-15-13-11-9-7-2/h8,10,14,16,20,22,26,28,64,68H,6-7,9,11-13,15,17-19,21,23-25,27,29-63H2,1-5H3/p+1/b10-8-,16-14-,22-20-,28-26-. The normalized spacial score (nSPS) is 13.0. The number of carbonyl (C=O) groups excluding carboxylic acids is 2. The van der Waals surface area contributed by atoms with Crippen LogP contribution in [0.25, 0.3) is 0 Å². The highest BCUT2D eigenvalue weighted by Crippen LogP contribution is 2.18. The number of hydrogen-bond donors (Lipinski definition) is 1. The Labute approximate surface area is 476 Å². The molecule has 0 rings (SSSR count). The number of likely N-dealkylation sites (N-methyl/N-ethyl adjacent to an activating group) is 1. The predicted molar refractivity (Wildman–Crippen MR) is 327 cm³/mol. The third kappa shape index (κ3) is 60.7. The number of aliphatic carboxylic acids is 1. The van der Waals surface area contributed by atoms with Crippen molar-refractivity contribution in [1.29, 1.82) is 0 Å². The van der Waals surface area contributed by atoms with E-state index in [0.717, 1.165) is 64.2 Å². The van der Waals surface area contributed by atoms with E-state index in [2.05, 4.69) is 62.5 Å². The van der Waals surface area contributed by atoms with Crippen LogP contribution in [-0.2, 0) is 33.3 Å². The molecule has 0 radical (unpaired) electrons. The van der Waals surface area contributed by atoms with Gasteiger partial charge in [0.15, 0.2) is 6.10 Å². The fraction of sp³-hybridized carbons (Fsp3) is 0.838. The second-order valence-electron chi connectivity index (χ2n) is 23.4. The predicted octanol–water partition coefficient (Wildman–Crippen LogP) is 19.8. The van der Waals surface area contributed by atoms with Gasteiger partial charge in [0.05, 0.1) is 34.4 Å². The Morgan fingerprint density at radius 3 is 1.10 bits per heavy atom. The van der Waals surface area contributed by atoms with E-state index >= 15 is 0 Å². The fourth-order valence-electron chi connectivity index (χ4n) is 9.60. The number of hydrogen-bond acceptors (Lipinski definition) is 7. The van der Waals surface area contributed by atoms with Gasteiger partial charge in [-0.1, -0.05) is 294 Å². The van der Waals surface area contributed by atoms with E-state index in [4.69, 9.17) is 18.9 Å². The second-order valence-corrected chi connectivity index (χ2v) is 23.4. The van der Waals surface area contributed by atoms with Gasteiger partial charge in [0.2, 0.25) is 0 Å². The van der Waals surface area contributed by atoms with Crippen molar-refractivity contribution in [1.82, 2.24) is 0 Å². The summed E-state index contributed by atoms with van der Waals surface area (Å²) < 4.78 is 23.0. The maximum atomic E-state index is 12.9. The molecule has 0 saturated carbocycles. The fourth-order valence-corrected chi connectivity index (χ4v) is 9.60. The van der Waals surface area contributed by atoms with Gasteiger partial charge in [-0.25, -0.2) is 4.79 Å². The molecule has 0 fully saturated rings. The lowest BCUT2D eigenvalue weighted by Gasteiger charge is -2.25. The summed E-state index contributed by atoms with van der Waals surface area (Å²) in [6, 6.07) is 0. The van der Waals surface area contributed by atoms with Crippen molar-refractivity contribution in [3.05, 3.63) is 48.6 Å². The molecule has 9 heteroatoms. The molecule has 0 heterocycles. The Bertz CT molecular complexity index is 1400. The molecule has 2 unspecified atom stereocenters. The maximum Gasteiger partial charge on any atom is 0.361 e. The number of allylic oxidation sites excluding steroid dienone is 8. The van der Waals surface area contributed by atoms with Crippen molar-refractivity contribution in [2.75, 3.05) is 47.5 Å². The van der Waals surface area contributed by atoms with E-state index < -0.39 is 24.3 Å². The van der Waals surface area contributed by atoms with Crippen LogP contribution in [0.3, 0.4) is 0 Å². The van der Waals surface area contributed by atoms with E-state index in [0.29, 0.717) is 17.4 Å². The van der Waals surface area contributed by atoms with Crippen LogP contribution in [-0.4, -0.2) is 87.4 Å². The number of ether oxygens (including phenoxy) is 4. The zero-order valence-electron chi connectivity index (χ0n) is 51.4. The van der Waals surface area contributed by atoms with Gasteiger partial charge >= 0.3 is 17.9 Å². The molecule has 450 valence electrons. The van der Waals surface area contributed by atoms with E-state index in [1.807, 2.05) is 21.1 Å². The summed E-state index contributed by atoms with van der Waals surface area (Å²) in [4.78, 5) is 37.6. The molecule has 9 nitrogen and oxygen atoms in total. The largest absolute Gasteiger partial charge is 0.477 e.